The number of aliphatic carboxylic acids is 1. The van der Waals surface area contributed by atoms with Gasteiger partial charge in [-0.05, 0) is 30.0 Å². The lowest BCUT2D eigenvalue weighted by Gasteiger charge is -2.33. The topological polar surface area (TPSA) is 57.6 Å². The highest BCUT2D eigenvalue weighted by Gasteiger charge is 2.42. The molecule has 1 saturated carbocycles. The van der Waals surface area contributed by atoms with E-state index in [1.165, 1.54) is 0 Å². The van der Waals surface area contributed by atoms with Gasteiger partial charge in [0.25, 0.3) is 5.91 Å². The summed E-state index contributed by atoms with van der Waals surface area (Å²) in [6.07, 6.45) is 4.33. The van der Waals surface area contributed by atoms with Crippen molar-refractivity contribution < 1.29 is 14.7 Å². The summed E-state index contributed by atoms with van der Waals surface area (Å²) in [5.41, 5.74) is 1.68. The standard InChI is InChI=1S/C16H19NO3/c1-17-10-11-5-6-12(9-13(11)14(17)18)16(15(19)20)7-3-2-4-8-16/h5-6,9H,2-4,7-8,10H2,1H3,(H,19,20). The number of amides is 1. The lowest BCUT2D eigenvalue weighted by molar-refractivity contribution is -0.145. The van der Waals surface area contributed by atoms with Crippen molar-refractivity contribution in [1.29, 1.82) is 0 Å². The average molecular weight is 273 g/mol. The zero-order valence-corrected chi connectivity index (χ0v) is 11.7. The fourth-order valence-electron chi connectivity index (χ4n) is 3.53. The molecule has 1 aliphatic carbocycles. The monoisotopic (exact) mass is 273 g/mol. The molecule has 1 aromatic rings. The van der Waals surface area contributed by atoms with Crippen LogP contribution in [0.15, 0.2) is 18.2 Å². The zero-order chi connectivity index (χ0) is 14.3. The van der Waals surface area contributed by atoms with Gasteiger partial charge in [0.1, 0.15) is 0 Å². The molecule has 0 unspecified atom stereocenters. The highest BCUT2D eigenvalue weighted by molar-refractivity contribution is 5.98. The van der Waals surface area contributed by atoms with Crippen molar-refractivity contribution in [3.05, 3.63) is 34.9 Å². The second-order valence-electron chi connectivity index (χ2n) is 5.98. The quantitative estimate of drug-likeness (QED) is 0.901. The van der Waals surface area contributed by atoms with Gasteiger partial charge in [-0.15, -0.1) is 0 Å². The Kier molecular flexibility index (Phi) is 3.04. The van der Waals surface area contributed by atoms with Gasteiger partial charge in [-0.25, -0.2) is 0 Å². The van der Waals surface area contributed by atoms with Crippen LogP contribution in [0.2, 0.25) is 0 Å². The van der Waals surface area contributed by atoms with Gasteiger partial charge in [-0.3, -0.25) is 9.59 Å². The third kappa shape index (κ3) is 1.82. The third-order valence-electron chi connectivity index (χ3n) is 4.76. The third-order valence-corrected chi connectivity index (χ3v) is 4.76. The van der Waals surface area contributed by atoms with Gasteiger partial charge in [0, 0.05) is 19.2 Å². The van der Waals surface area contributed by atoms with E-state index in [1.54, 1.807) is 11.9 Å². The highest BCUT2D eigenvalue weighted by Crippen LogP contribution is 2.41. The molecule has 2 aliphatic rings. The number of fused-ring (bicyclic) bond motifs is 1. The normalized spacial score (nSPS) is 20.9. The maximum Gasteiger partial charge on any atom is 0.314 e. The molecular weight excluding hydrogens is 254 g/mol. The molecule has 1 amide bonds. The minimum Gasteiger partial charge on any atom is -0.481 e. The summed E-state index contributed by atoms with van der Waals surface area (Å²) < 4.78 is 0. The number of hydrogen-bond donors (Lipinski definition) is 1. The molecule has 20 heavy (non-hydrogen) atoms. The molecule has 0 atom stereocenters. The molecule has 1 aromatic carbocycles. The van der Waals surface area contributed by atoms with Crippen LogP contribution in [0.3, 0.4) is 0 Å². The molecule has 106 valence electrons. The van der Waals surface area contributed by atoms with Gasteiger partial charge < -0.3 is 10.0 Å². The summed E-state index contributed by atoms with van der Waals surface area (Å²) in [7, 11) is 1.77. The summed E-state index contributed by atoms with van der Waals surface area (Å²) in [5, 5.41) is 9.71. The summed E-state index contributed by atoms with van der Waals surface area (Å²) in [5.74, 6) is -0.755. The van der Waals surface area contributed by atoms with Crippen LogP contribution in [0.1, 0.15) is 53.6 Å². The second-order valence-corrected chi connectivity index (χ2v) is 5.98. The molecule has 4 nitrogen and oxygen atoms in total. The summed E-state index contributed by atoms with van der Waals surface area (Å²) in [6, 6.07) is 5.65. The van der Waals surface area contributed by atoms with Crippen LogP contribution in [0, 0.1) is 0 Å². The van der Waals surface area contributed by atoms with Crippen LogP contribution < -0.4 is 0 Å². The lowest BCUT2D eigenvalue weighted by atomic mass is 9.69. The van der Waals surface area contributed by atoms with Crippen molar-refractivity contribution in [2.75, 3.05) is 7.05 Å². The van der Waals surface area contributed by atoms with Gasteiger partial charge >= 0.3 is 5.97 Å². The number of carbonyl (C=O) groups is 2. The molecule has 0 radical (unpaired) electrons. The Balaban J connectivity index is 2.06. The van der Waals surface area contributed by atoms with E-state index >= 15 is 0 Å². The van der Waals surface area contributed by atoms with Crippen molar-refractivity contribution in [3.8, 4) is 0 Å². The Morgan fingerprint density at radius 3 is 2.60 bits per heavy atom. The lowest BCUT2D eigenvalue weighted by Crippen LogP contribution is -2.38. The first-order valence-corrected chi connectivity index (χ1v) is 7.17. The van der Waals surface area contributed by atoms with E-state index in [2.05, 4.69) is 0 Å². The van der Waals surface area contributed by atoms with Crippen molar-refractivity contribution in [2.45, 2.75) is 44.1 Å². The number of carboxylic acid groups (broad SMARTS) is 1. The Labute approximate surface area is 118 Å². The van der Waals surface area contributed by atoms with Crippen LogP contribution in [0.5, 0.6) is 0 Å². The van der Waals surface area contributed by atoms with Gasteiger partial charge in [-0.1, -0.05) is 31.4 Å². The molecule has 4 heteroatoms. The van der Waals surface area contributed by atoms with Crippen LogP contribution in [0.25, 0.3) is 0 Å². The Morgan fingerprint density at radius 2 is 1.95 bits per heavy atom. The Hall–Kier alpha value is -1.84. The first-order valence-electron chi connectivity index (χ1n) is 7.17. The molecule has 3 rings (SSSR count). The number of carbonyl (C=O) groups excluding carboxylic acids is 1. The molecule has 0 aromatic heterocycles. The van der Waals surface area contributed by atoms with Crippen LogP contribution >= 0.6 is 0 Å². The number of rotatable bonds is 2. The van der Waals surface area contributed by atoms with E-state index in [-0.39, 0.29) is 5.91 Å². The summed E-state index contributed by atoms with van der Waals surface area (Å²) in [6.45, 7) is 0.620. The van der Waals surface area contributed by atoms with Gasteiger partial charge in [0.15, 0.2) is 0 Å². The van der Waals surface area contributed by atoms with E-state index in [0.717, 1.165) is 30.4 Å². The maximum atomic E-state index is 12.1. The minimum absolute atomic E-state index is 0.00167. The highest BCUT2D eigenvalue weighted by atomic mass is 16.4. The van der Waals surface area contributed by atoms with E-state index in [4.69, 9.17) is 0 Å². The van der Waals surface area contributed by atoms with Gasteiger partial charge in [0.2, 0.25) is 0 Å². The summed E-state index contributed by atoms with van der Waals surface area (Å²) >= 11 is 0. The SMILES string of the molecule is CN1Cc2ccc(C3(C(=O)O)CCCCC3)cc2C1=O. The van der Waals surface area contributed by atoms with Crippen molar-refractivity contribution >= 4 is 11.9 Å². The maximum absolute atomic E-state index is 12.1. The van der Waals surface area contributed by atoms with Crippen LogP contribution in [-0.2, 0) is 16.8 Å². The smallest absolute Gasteiger partial charge is 0.314 e. The van der Waals surface area contributed by atoms with Crippen LogP contribution in [-0.4, -0.2) is 28.9 Å². The van der Waals surface area contributed by atoms with E-state index in [9.17, 15) is 14.7 Å². The van der Waals surface area contributed by atoms with Crippen molar-refractivity contribution in [3.63, 3.8) is 0 Å². The number of nitrogens with zero attached hydrogens (tertiary/aromatic N) is 1. The average Bonchev–Trinajstić information content (AvgIpc) is 2.74. The molecular formula is C16H19NO3. The number of hydrogen-bond acceptors (Lipinski definition) is 2. The van der Waals surface area contributed by atoms with E-state index < -0.39 is 11.4 Å². The van der Waals surface area contributed by atoms with E-state index in [0.29, 0.717) is 24.9 Å². The van der Waals surface area contributed by atoms with Crippen molar-refractivity contribution in [2.24, 2.45) is 0 Å². The number of carboxylic acids is 1. The van der Waals surface area contributed by atoms with Gasteiger partial charge in [0.05, 0.1) is 5.41 Å². The molecule has 1 N–H and O–H groups in total. The Bertz CT molecular complexity index is 573. The molecule has 1 aliphatic heterocycles. The zero-order valence-electron chi connectivity index (χ0n) is 11.7. The predicted octanol–water partition coefficient (Wildman–Crippen LogP) is 2.56. The second kappa shape index (κ2) is 4.62. The fourth-order valence-corrected chi connectivity index (χ4v) is 3.53. The largest absolute Gasteiger partial charge is 0.481 e. The molecule has 1 fully saturated rings. The molecule has 0 spiro atoms. The molecule has 0 saturated heterocycles. The summed E-state index contributed by atoms with van der Waals surface area (Å²) in [4.78, 5) is 25.6. The van der Waals surface area contributed by atoms with Gasteiger partial charge in [-0.2, -0.15) is 0 Å². The Morgan fingerprint density at radius 1 is 1.25 bits per heavy atom. The molecule has 1 heterocycles. The first-order chi connectivity index (χ1) is 9.54. The fraction of sp³-hybridized carbons (Fsp3) is 0.500. The van der Waals surface area contributed by atoms with Crippen LogP contribution in [0.4, 0.5) is 0 Å². The first kappa shape index (κ1) is 13.2. The minimum atomic E-state index is -0.797. The molecule has 0 bridgehead atoms. The van der Waals surface area contributed by atoms with Crippen molar-refractivity contribution in [1.82, 2.24) is 4.90 Å². The number of benzene rings is 1. The van der Waals surface area contributed by atoms with E-state index in [1.807, 2.05) is 18.2 Å². The predicted molar refractivity (Wildman–Crippen MR) is 74.6 cm³/mol.